The second kappa shape index (κ2) is 6.61. The molecule has 0 saturated heterocycles. The van der Waals surface area contributed by atoms with E-state index in [1.165, 1.54) is 0 Å². The minimum Gasteiger partial charge on any atom is -0.377 e. The van der Waals surface area contributed by atoms with Gasteiger partial charge < -0.3 is 9.30 Å². The largest absolute Gasteiger partial charge is 0.377 e. The number of fused-ring (bicyclic) bond motifs is 1. The minimum atomic E-state index is -0.0268. The zero-order chi connectivity index (χ0) is 17.4. The summed E-state index contributed by atoms with van der Waals surface area (Å²) in [4.78, 5) is 17.2. The maximum Gasteiger partial charge on any atom is 0.276 e. The van der Waals surface area contributed by atoms with Crippen LogP contribution in [0, 0.1) is 0 Å². The number of aromatic nitrogens is 3. The van der Waals surface area contributed by atoms with E-state index in [2.05, 4.69) is 33.0 Å². The Morgan fingerprint density at radius 3 is 2.80 bits per heavy atom. The van der Waals surface area contributed by atoms with Crippen molar-refractivity contribution in [3.05, 3.63) is 74.6 Å². The molecule has 0 unspecified atom stereocenters. The highest BCUT2D eigenvalue weighted by Crippen LogP contribution is 2.21. The quantitative estimate of drug-likeness (QED) is 0.679. The van der Waals surface area contributed by atoms with E-state index in [-0.39, 0.29) is 5.56 Å². The average Bonchev–Trinajstić information content (AvgIpc) is 3.06. The van der Waals surface area contributed by atoms with Crippen molar-refractivity contribution in [2.75, 3.05) is 13.2 Å². The van der Waals surface area contributed by atoms with Crippen molar-refractivity contribution in [2.45, 2.75) is 12.8 Å². The summed E-state index contributed by atoms with van der Waals surface area (Å²) >= 11 is 3.45. The van der Waals surface area contributed by atoms with Crippen LogP contribution in [0.5, 0.6) is 0 Å². The molecule has 0 spiro atoms. The van der Waals surface area contributed by atoms with Gasteiger partial charge in [0.1, 0.15) is 11.3 Å². The summed E-state index contributed by atoms with van der Waals surface area (Å²) in [5.74, 6) is 0.841. The molecule has 1 aliphatic heterocycles. The van der Waals surface area contributed by atoms with Crippen LogP contribution in [0.4, 0.5) is 0 Å². The maximum absolute atomic E-state index is 12.7. The predicted octanol–water partition coefficient (Wildman–Crippen LogP) is 3.19. The molecule has 0 N–H and O–H groups in total. The van der Waals surface area contributed by atoms with Gasteiger partial charge in [0.15, 0.2) is 0 Å². The lowest BCUT2D eigenvalue weighted by Gasteiger charge is -2.14. The topological polar surface area (TPSA) is 48.5 Å². The first-order chi connectivity index (χ1) is 12.1. The number of benzene rings is 1. The SMILES string of the molecule is Cn1c(Cc2ccc(Br)cc2)cn2c(C3=CCOCC3)ncc2c1=O. The summed E-state index contributed by atoms with van der Waals surface area (Å²) in [5.41, 5.74) is 3.82. The van der Waals surface area contributed by atoms with Crippen molar-refractivity contribution in [1.29, 1.82) is 0 Å². The summed E-state index contributed by atoms with van der Waals surface area (Å²) < 4.78 is 10.1. The third-order valence-electron chi connectivity index (χ3n) is 4.58. The molecule has 6 heteroatoms. The van der Waals surface area contributed by atoms with Gasteiger partial charge in [0.2, 0.25) is 0 Å². The van der Waals surface area contributed by atoms with Crippen molar-refractivity contribution in [3.63, 3.8) is 0 Å². The Labute approximate surface area is 153 Å². The summed E-state index contributed by atoms with van der Waals surface area (Å²) in [6.07, 6.45) is 7.24. The highest BCUT2D eigenvalue weighted by Gasteiger charge is 2.16. The van der Waals surface area contributed by atoms with Gasteiger partial charge >= 0.3 is 0 Å². The normalized spacial score (nSPS) is 14.7. The van der Waals surface area contributed by atoms with Gasteiger partial charge in [-0.25, -0.2) is 4.98 Å². The first kappa shape index (κ1) is 16.3. The molecule has 1 aromatic carbocycles. The van der Waals surface area contributed by atoms with Crippen LogP contribution in [-0.2, 0) is 18.2 Å². The third kappa shape index (κ3) is 3.07. The van der Waals surface area contributed by atoms with Gasteiger partial charge in [-0.2, -0.15) is 0 Å². The molecule has 0 atom stereocenters. The van der Waals surface area contributed by atoms with Crippen LogP contribution in [0.1, 0.15) is 23.5 Å². The predicted molar refractivity (Wildman–Crippen MR) is 101 cm³/mol. The Morgan fingerprint density at radius 2 is 2.08 bits per heavy atom. The van der Waals surface area contributed by atoms with E-state index < -0.39 is 0 Å². The highest BCUT2D eigenvalue weighted by atomic mass is 79.9. The van der Waals surface area contributed by atoms with Gasteiger partial charge in [-0.15, -0.1) is 0 Å². The standard InChI is InChI=1S/C19H18BrN3O2/c1-22-16(10-13-2-4-15(20)5-3-13)12-23-17(19(22)24)11-21-18(23)14-6-8-25-9-7-14/h2-6,11-12H,7-10H2,1H3. The first-order valence-corrected chi connectivity index (χ1v) is 9.00. The van der Waals surface area contributed by atoms with Crippen molar-refractivity contribution in [1.82, 2.24) is 14.0 Å². The molecule has 0 aliphatic carbocycles. The molecule has 25 heavy (non-hydrogen) atoms. The Balaban J connectivity index is 1.81. The summed E-state index contributed by atoms with van der Waals surface area (Å²) in [5, 5.41) is 0. The van der Waals surface area contributed by atoms with E-state index in [0.29, 0.717) is 25.2 Å². The molecule has 3 aromatic rings. The second-order valence-corrected chi connectivity index (χ2v) is 7.09. The van der Waals surface area contributed by atoms with Crippen LogP contribution in [0.2, 0.25) is 0 Å². The smallest absolute Gasteiger partial charge is 0.276 e. The monoisotopic (exact) mass is 399 g/mol. The molecule has 0 amide bonds. The lowest BCUT2D eigenvalue weighted by molar-refractivity contribution is 0.161. The number of ether oxygens (including phenoxy) is 1. The Morgan fingerprint density at radius 1 is 1.28 bits per heavy atom. The number of nitrogens with zero attached hydrogens (tertiary/aromatic N) is 3. The molecule has 3 heterocycles. The molecule has 4 rings (SSSR count). The Bertz CT molecular complexity index is 1020. The van der Waals surface area contributed by atoms with Crippen molar-refractivity contribution >= 4 is 27.0 Å². The van der Waals surface area contributed by atoms with Gasteiger partial charge in [-0.05, 0) is 29.7 Å². The van der Waals surface area contributed by atoms with Gasteiger partial charge in [0.05, 0.1) is 19.4 Å². The van der Waals surface area contributed by atoms with Crippen molar-refractivity contribution in [3.8, 4) is 0 Å². The fraction of sp³-hybridized carbons (Fsp3) is 0.263. The molecule has 0 fully saturated rings. The number of hydrogen-bond acceptors (Lipinski definition) is 3. The zero-order valence-electron chi connectivity index (χ0n) is 13.9. The Kier molecular flexibility index (Phi) is 4.31. The molecule has 0 bridgehead atoms. The number of halogens is 1. The maximum atomic E-state index is 12.7. The van der Waals surface area contributed by atoms with Crippen LogP contribution >= 0.6 is 15.9 Å². The molecule has 128 valence electrons. The molecule has 0 radical (unpaired) electrons. The summed E-state index contributed by atoms with van der Waals surface area (Å²) in [6, 6.07) is 8.16. The summed E-state index contributed by atoms with van der Waals surface area (Å²) in [7, 11) is 1.82. The number of rotatable bonds is 3. The fourth-order valence-corrected chi connectivity index (χ4v) is 3.40. The zero-order valence-corrected chi connectivity index (χ0v) is 15.5. The molecule has 5 nitrogen and oxygen atoms in total. The van der Waals surface area contributed by atoms with Crippen LogP contribution in [-0.4, -0.2) is 27.2 Å². The van der Waals surface area contributed by atoms with E-state index in [4.69, 9.17) is 4.74 Å². The van der Waals surface area contributed by atoms with Gasteiger partial charge in [-0.3, -0.25) is 9.20 Å². The van der Waals surface area contributed by atoms with Gasteiger partial charge in [0.25, 0.3) is 5.56 Å². The molecule has 2 aromatic heterocycles. The van der Waals surface area contributed by atoms with E-state index >= 15 is 0 Å². The molecule has 1 aliphatic rings. The van der Waals surface area contributed by atoms with E-state index in [1.54, 1.807) is 10.8 Å². The van der Waals surface area contributed by atoms with Crippen LogP contribution in [0.3, 0.4) is 0 Å². The lowest BCUT2D eigenvalue weighted by atomic mass is 10.1. The van der Waals surface area contributed by atoms with E-state index in [9.17, 15) is 4.79 Å². The highest BCUT2D eigenvalue weighted by molar-refractivity contribution is 9.10. The second-order valence-electron chi connectivity index (χ2n) is 6.18. The third-order valence-corrected chi connectivity index (χ3v) is 5.11. The molecular weight excluding hydrogens is 382 g/mol. The van der Waals surface area contributed by atoms with Crippen LogP contribution in [0.15, 0.2) is 52.0 Å². The molecule has 0 saturated carbocycles. The van der Waals surface area contributed by atoms with Crippen molar-refractivity contribution < 1.29 is 4.74 Å². The van der Waals surface area contributed by atoms with Crippen LogP contribution < -0.4 is 5.56 Å². The number of hydrogen-bond donors (Lipinski definition) is 0. The summed E-state index contributed by atoms with van der Waals surface area (Å²) in [6.45, 7) is 1.29. The van der Waals surface area contributed by atoms with Gasteiger partial charge in [-0.1, -0.05) is 34.1 Å². The molecular formula is C19H18BrN3O2. The van der Waals surface area contributed by atoms with Crippen molar-refractivity contribution in [2.24, 2.45) is 7.05 Å². The number of imidazole rings is 1. The minimum absolute atomic E-state index is 0.0268. The fourth-order valence-electron chi connectivity index (χ4n) is 3.13. The van der Waals surface area contributed by atoms with Crippen LogP contribution in [0.25, 0.3) is 11.1 Å². The Hall–Kier alpha value is -2.18. The first-order valence-electron chi connectivity index (χ1n) is 8.21. The lowest BCUT2D eigenvalue weighted by Crippen LogP contribution is -2.23. The van der Waals surface area contributed by atoms with E-state index in [1.807, 2.05) is 35.9 Å². The van der Waals surface area contributed by atoms with E-state index in [0.717, 1.165) is 33.5 Å². The van der Waals surface area contributed by atoms with Gasteiger partial charge in [0, 0.05) is 29.8 Å². The average molecular weight is 400 g/mol.